The van der Waals surface area contributed by atoms with Crippen molar-refractivity contribution >= 4 is 27.4 Å². The molecule has 0 saturated carbocycles. The largest absolute Gasteiger partial charge is 0.356 e. The fraction of sp³-hybridized carbons (Fsp3) is 0.368. The van der Waals surface area contributed by atoms with E-state index >= 15 is 0 Å². The lowest BCUT2D eigenvalue weighted by atomic mass is 9.99. The molecule has 118 valence electrons. The Labute approximate surface area is 141 Å². The summed E-state index contributed by atoms with van der Waals surface area (Å²) in [6.45, 7) is 6.65. The van der Waals surface area contributed by atoms with Gasteiger partial charge in [-0.25, -0.2) is 9.97 Å². The molecule has 0 spiro atoms. The van der Waals surface area contributed by atoms with E-state index in [1.54, 1.807) is 17.7 Å². The molecule has 0 N–H and O–H groups in total. The SMILES string of the molecule is Cc1ccc(-c2csc3ncnc(N4CCCC(C)C4)c23)cc1. The number of aromatic nitrogens is 2. The molecule has 0 radical (unpaired) electrons. The van der Waals surface area contributed by atoms with Gasteiger partial charge in [-0.05, 0) is 31.2 Å². The Morgan fingerprint density at radius 1 is 1.17 bits per heavy atom. The average Bonchev–Trinajstić information content (AvgIpc) is 3.00. The van der Waals surface area contributed by atoms with Crippen molar-refractivity contribution in [3.63, 3.8) is 0 Å². The lowest BCUT2D eigenvalue weighted by Gasteiger charge is -2.32. The van der Waals surface area contributed by atoms with Crippen LogP contribution in [0.2, 0.25) is 0 Å². The van der Waals surface area contributed by atoms with Crippen molar-refractivity contribution in [2.45, 2.75) is 26.7 Å². The molecule has 4 rings (SSSR count). The second-order valence-electron chi connectivity index (χ2n) is 6.59. The van der Waals surface area contributed by atoms with Crippen LogP contribution < -0.4 is 4.90 Å². The highest BCUT2D eigenvalue weighted by Gasteiger charge is 2.22. The Kier molecular flexibility index (Phi) is 3.77. The van der Waals surface area contributed by atoms with Crippen LogP contribution in [0, 0.1) is 12.8 Å². The normalized spacial score (nSPS) is 18.5. The molecule has 1 fully saturated rings. The van der Waals surface area contributed by atoms with E-state index < -0.39 is 0 Å². The van der Waals surface area contributed by atoms with Gasteiger partial charge in [0.05, 0.1) is 5.39 Å². The van der Waals surface area contributed by atoms with Crippen molar-refractivity contribution in [3.8, 4) is 11.1 Å². The predicted molar refractivity (Wildman–Crippen MR) is 98.2 cm³/mol. The number of thiophene rings is 1. The average molecular weight is 323 g/mol. The van der Waals surface area contributed by atoms with Crippen molar-refractivity contribution in [2.24, 2.45) is 5.92 Å². The maximum absolute atomic E-state index is 4.66. The predicted octanol–water partition coefficient (Wildman–Crippen LogP) is 4.90. The maximum atomic E-state index is 4.66. The summed E-state index contributed by atoms with van der Waals surface area (Å²) in [5.74, 6) is 1.84. The molecule has 1 aliphatic rings. The van der Waals surface area contributed by atoms with Gasteiger partial charge in [-0.15, -0.1) is 11.3 Å². The van der Waals surface area contributed by atoms with Crippen molar-refractivity contribution < 1.29 is 0 Å². The third kappa shape index (κ3) is 2.72. The van der Waals surface area contributed by atoms with Crippen molar-refractivity contribution in [1.82, 2.24) is 9.97 Å². The van der Waals surface area contributed by atoms with Crippen LogP contribution >= 0.6 is 11.3 Å². The van der Waals surface area contributed by atoms with Gasteiger partial charge < -0.3 is 4.90 Å². The van der Waals surface area contributed by atoms with Gasteiger partial charge in [0, 0.05) is 24.0 Å². The maximum Gasteiger partial charge on any atom is 0.141 e. The molecule has 23 heavy (non-hydrogen) atoms. The summed E-state index contributed by atoms with van der Waals surface area (Å²) in [6, 6.07) is 8.75. The second-order valence-corrected chi connectivity index (χ2v) is 7.44. The summed E-state index contributed by atoms with van der Waals surface area (Å²) in [5, 5.41) is 3.44. The fourth-order valence-electron chi connectivity index (χ4n) is 3.43. The Bertz CT molecular complexity index is 822. The monoisotopic (exact) mass is 323 g/mol. The van der Waals surface area contributed by atoms with Crippen LogP contribution in [0.3, 0.4) is 0 Å². The third-order valence-electron chi connectivity index (χ3n) is 4.67. The summed E-state index contributed by atoms with van der Waals surface area (Å²) >= 11 is 1.71. The van der Waals surface area contributed by atoms with E-state index in [2.05, 4.69) is 58.4 Å². The molecule has 0 aliphatic carbocycles. The molecule has 1 aromatic carbocycles. The molecule has 0 bridgehead atoms. The first kappa shape index (κ1) is 14.6. The highest BCUT2D eigenvalue weighted by Crippen LogP contribution is 2.38. The van der Waals surface area contributed by atoms with E-state index in [0.717, 1.165) is 29.7 Å². The Morgan fingerprint density at radius 2 is 2.00 bits per heavy atom. The van der Waals surface area contributed by atoms with Gasteiger partial charge in [0.25, 0.3) is 0 Å². The minimum Gasteiger partial charge on any atom is -0.356 e. The Hall–Kier alpha value is -1.94. The first-order valence-corrected chi connectivity index (χ1v) is 9.14. The van der Waals surface area contributed by atoms with Gasteiger partial charge >= 0.3 is 0 Å². The van der Waals surface area contributed by atoms with E-state index in [1.807, 2.05) is 0 Å². The molecule has 1 unspecified atom stereocenters. The zero-order valence-electron chi connectivity index (χ0n) is 13.6. The number of hydrogen-bond donors (Lipinski definition) is 0. The van der Waals surface area contributed by atoms with E-state index in [1.165, 1.54) is 34.9 Å². The van der Waals surface area contributed by atoms with Crippen LogP contribution in [0.1, 0.15) is 25.3 Å². The topological polar surface area (TPSA) is 29.0 Å². The number of anilines is 1. The number of nitrogens with zero attached hydrogens (tertiary/aromatic N) is 3. The molecular formula is C19H21N3S. The van der Waals surface area contributed by atoms with Gasteiger partial charge in [-0.1, -0.05) is 36.8 Å². The van der Waals surface area contributed by atoms with Gasteiger partial charge in [0.15, 0.2) is 0 Å². The minimum atomic E-state index is 0.732. The zero-order valence-corrected chi connectivity index (χ0v) is 14.4. The van der Waals surface area contributed by atoms with Crippen LogP contribution in [0.15, 0.2) is 36.0 Å². The Morgan fingerprint density at radius 3 is 2.78 bits per heavy atom. The summed E-state index contributed by atoms with van der Waals surface area (Å²) in [7, 11) is 0. The summed E-state index contributed by atoms with van der Waals surface area (Å²) in [5.41, 5.74) is 3.80. The van der Waals surface area contributed by atoms with E-state index in [4.69, 9.17) is 0 Å². The first-order chi connectivity index (χ1) is 11.2. The lowest BCUT2D eigenvalue weighted by molar-refractivity contribution is 0.445. The summed E-state index contributed by atoms with van der Waals surface area (Å²) < 4.78 is 0. The number of aryl methyl sites for hydroxylation is 1. The molecule has 1 aliphatic heterocycles. The van der Waals surface area contributed by atoms with Gasteiger partial charge in [-0.3, -0.25) is 0 Å². The molecule has 0 amide bonds. The molecule has 3 nitrogen and oxygen atoms in total. The number of benzene rings is 1. The molecule has 3 heterocycles. The highest BCUT2D eigenvalue weighted by atomic mass is 32.1. The van der Waals surface area contributed by atoms with Crippen LogP contribution in [-0.2, 0) is 0 Å². The molecule has 1 saturated heterocycles. The molecular weight excluding hydrogens is 302 g/mol. The van der Waals surface area contributed by atoms with E-state index in [-0.39, 0.29) is 0 Å². The second kappa shape index (κ2) is 5.93. The van der Waals surface area contributed by atoms with Gasteiger partial charge in [-0.2, -0.15) is 0 Å². The van der Waals surface area contributed by atoms with Gasteiger partial charge in [0.1, 0.15) is 17.0 Å². The lowest BCUT2D eigenvalue weighted by Crippen LogP contribution is -2.34. The van der Waals surface area contributed by atoms with Gasteiger partial charge in [0.2, 0.25) is 0 Å². The number of fused-ring (bicyclic) bond motifs is 1. The van der Waals surface area contributed by atoms with Crippen molar-refractivity contribution in [3.05, 3.63) is 41.5 Å². The molecule has 4 heteroatoms. The zero-order chi connectivity index (χ0) is 15.8. The standard InChI is InChI=1S/C19H21N3S/c1-13-5-7-15(8-6-13)16-11-23-19-17(16)18(20-12-21-19)22-9-3-4-14(2)10-22/h5-8,11-12,14H,3-4,9-10H2,1-2H3. The quantitative estimate of drug-likeness (QED) is 0.671. The molecule has 1 atom stereocenters. The third-order valence-corrected chi connectivity index (χ3v) is 5.56. The van der Waals surface area contributed by atoms with Crippen molar-refractivity contribution in [1.29, 1.82) is 0 Å². The number of rotatable bonds is 2. The first-order valence-electron chi connectivity index (χ1n) is 8.26. The number of hydrogen-bond acceptors (Lipinski definition) is 4. The molecule has 3 aromatic rings. The van der Waals surface area contributed by atoms with E-state index in [9.17, 15) is 0 Å². The van der Waals surface area contributed by atoms with Crippen LogP contribution in [0.5, 0.6) is 0 Å². The van der Waals surface area contributed by atoms with Crippen molar-refractivity contribution in [2.75, 3.05) is 18.0 Å². The smallest absolute Gasteiger partial charge is 0.141 e. The highest BCUT2D eigenvalue weighted by molar-refractivity contribution is 7.17. The van der Waals surface area contributed by atoms with Crippen LogP contribution in [0.4, 0.5) is 5.82 Å². The fourth-order valence-corrected chi connectivity index (χ4v) is 4.34. The number of piperidine rings is 1. The molecule has 2 aromatic heterocycles. The van der Waals surface area contributed by atoms with E-state index in [0.29, 0.717) is 0 Å². The Balaban J connectivity index is 1.85. The van der Waals surface area contributed by atoms with Crippen LogP contribution in [0.25, 0.3) is 21.3 Å². The van der Waals surface area contributed by atoms with Crippen LogP contribution in [-0.4, -0.2) is 23.1 Å². The minimum absolute atomic E-state index is 0.732. The summed E-state index contributed by atoms with van der Waals surface area (Å²) in [6.07, 6.45) is 4.28. The summed E-state index contributed by atoms with van der Waals surface area (Å²) in [4.78, 5) is 12.7.